The summed E-state index contributed by atoms with van der Waals surface area (Å²) in [6.45, 7) is 6.01. The van der Waals surface area contributed by atoms with E-state index in [4.69, 9.17) is 5.14 Å². The predicted molar refractivity (Wildman–Crippen MR) is 115 cm³/mol. The topological polar surface area (TPSA) is 109 Å². The van der Waals surface area contributed by atoms with E-state index >= 15 is 0 Å². The van der Waals surface area contributed by atoms with E-state index in [-0.39, 0.29) is 10.8 Å². The molecule has 0 atom stereocenters. The van der Waals surface area contributed by atoms with E-state index in [1.165, 1.54) is 12.1 Å². The number of pyridine rings is 1. The Hall–Kier alpha value is -2.33. The Balaban J connectivity index is 1.30. The summed E-state index contributed by atoms with van der Waals surface area (Å²) in [7, 11) is -3.67. The first-order valence-electron chi connectivity index (χ1n) is 10.1. The lowest BCUT2D eigenvalue weighted by molar-refractivity contribution is -0.121. The van der Waals surface area contributed by atoms with Crippen LogP contribution in [0.25, 0.3) is 0 Å². The van der Waals surface area contributed by atoms with Crippen molar-refractivity contribution in [3.8, 4) is 0 Å². The Morgan fingerprint density at radius 2 is 1.73 bits per heavy atom. The van der Waals surface area contributed by atoms with Gasteiger partial charge in [-0.15, -0.1) is 0 Å². The average molecular weight is 432 g/mol. The van der Waals surface area contributed by atoms with Crippen LogP contribution in [0.5, 0.6) is 0 Å². The van der Waals surface area contributed by atoms with Crippen molar-refractivity contribution >= 4 is 15.9 Å². The molecule has 1 aliphatic heterocycles. The second kappa shape index (κ2) is 10.6. The van der Waals surface area contributed by atoms with Crippen LogP contribution in [0.3, 0.4) is 0 Å². The number of benzene rings is 1. The number of primary sulfonamides is 1. The van der Waals surface area contributed by atoms with Crippen molar-refractivity contribution in [2.24, 2.45) is 5.14 Å². The number of carbonyl (C=O) groups excluding carboxylic acids is 1. The number of sulfonamides is 1. The van der Waals surface area contributed by atoms with Crippen LogP contribution in [-0.2, 0) is 27.8 Å². The van der Waals surface area contributed by atoms with E-state index < -0.39 is 10.0 Å². The van der Waals surface area contributed by atoms with Crippen LogP contribution in [0, 0.1) is 0 Å². The number of nitrogens with one attached hydrogen (secondary N) is 1. The second-order valence-corrected chi connectivity index (χ2v) is 9.04. The monoisotopic (exact) mass is 431 g/mol. The first-order valence-corrected chi connectivity index (χ1v) is 11.7. The van der Waals surface area contributed by atoms with Gasteiger partial charge in [-0.2, -0.15) is 0 Å². The zero-order valence-corrected chi connectivity index (χ0v) is 17.9. The number of nitrogens with two attached hydrogens (primary N) is 1. The van der Waals surface area contributed by atoms with Gasteiger partial charge in [0.1, 0.15) is 0 Å². The molecule has 2 aromatic rings. The number of rotatable bonds is 9. The summed E-state index contributed by atoms with van der Waals surface area (Å²) in [4.78, 5) is 21.3. The molecule has 1 saturated heterocycles. The van der Waals surface area contributed by atoms with Crippen LogP contribution in [0.15, 0.2) is 53.6 Å². The van der Waals surface area contributed by atoms with Crippen molar-refractivity contribution in [3.05, 3.63) is 59.9 Å². The predicted octanol–water partition coefficient (Wildman–Crippen LogP) is 0.596. The Labute approximate surface area is 178 Å². The molecule has 162 valence electrons. The lowest BCUT2D eigenvalue weighted by atomic mass is 10.1. The molecule has 0 saturated carbocycles. The number of aromatic nitrogens is 1. The number of nitrogens with zero attached hydrogens (tertiary/aromatic N) is 3. The van der Waals surface area contributed by atoms with Gasteiger partial charge in [-0.1, -0.05) is 18.2 Å². The SMILES string of the molecule is NS(=O)(=O)c1ccc(CCNC(=O)CCN2CCN(Cc3ccccn3)CC2)cc1. The van der Waals surface area contributed by atoms with E-state index in [1.54, 1.807) is 12.1 Å². The van der Waals surface area contributed by atoms with Crippen molar-refractivity contribution in [3.63, 3.8) is 0 Å². The second-order valence-electron chi connectivity index (χ2n) is 7.48. The number of hydrogen-bond acceptors (Lipinski definition) is 6. The van der Waals surface area contributed by atoms with Crippen LogP contribution >= 0.6 is 0 Å². The van der Waals surface area contributed by atoms with Crippen molar-refractivity contribution < 1.29 is 13.2 Å². The summed E-state index contributed by atoms with van der Waals surface area (Å²) in [5.41, 5.74) is 2.04. The number of piperazine rings is 1. The van der Waals surface area contributed by atoms with Crippen LogP contribution in [0.1, 0.15) is 17.7 Å². The Morgan fingerprint density at radius 1 is 1.03 bits per heavy atom. The third kappa shape index (κ3) is 7.17. The average Bonchev–Trinajstić information content (AvgIpc) is 2.74. The van der Waals surface area contributed by atoms with E-state index in [0.717, 1.165) is 50.5 Å². The highest BCUT2D eigenvalue weighted by Crippen LogP contribution is 2.09. The van der Waals surface area contributed by atoms with Crippen LogP contribution in [0.4, 0.5) is 0 Å². The first kappa shape index (κ1) is 22.4. The molecule has 0 bridgehead atoms. The lowest BCUT2D eigenvalue weighted by Crippen LogP contribution is -2.46. The maximum atomic E-state index is 12.1. The normalized spacial score (nSPS) is 15.8. The molecule has 8 nitrogen and oxygen atoms in total. The Kier molecular flexibility index (Phi) is 7.92. The molecule has 2 heterocycles. The van der Waals surface area contributed by atoms with Gasteiger partial charge in [0, 0.05) is 58.4 Å². The molecule has 1 amide bonds. The molecule has 3 N–H and O–H groups in total. The lowest BCUT2D eigenvalue weighted by Gasteiger charge is -2.34. The highest BCUT2D eigenvalue weighted by Gasteiger charge is 2.17. The molecule has 0 spiro atoms. The van der Waals surface area contributed by atoms with Gasteiger partial charge in [0.05, 0.1) is 10.6 Å². The van der Waals surface area contributed by atoms with E-state index in [9.17, 15) is 13.2 Å². The fourth-order valence-electron chi connectivity index (χ4n) is 3.43. The summed E-state index contributed by atoms with van der Waals surface area (Å²) >= 11 is 0. The molecular formula is C21H29N5O3S. The van der Waals surface area contributed by atoms with E-state index in [0.29, 0.717) is 19.4 Å². The van der Waals surface area contributed by atoms with Crippen molar-refractivity contribution in [2.45, 2.75) is 24.3 Å². The zero-order chi connectivity index (χ0) is 21.4. The highest BCUT2D eigenvalue weighted by atomic mass is 32.2. The van der Waals surface area contributed by atoms with Gasteiger partial charge in [0.2, 0.25) is 15.9 Å². The standard InChI is InChI=1S/C21H29N5O3S/c22-30(28,29)20-6-4-18(5-7-20)8-11-24-21(27)9-12-25-13-15-26(16-14-25)17-19-3-1-2-10-23-19/h1-7,10H,8-9,11-17H2,(H,24,27)(H2,22,28,29). The number of hydrogen-bond donors (Lipinski definition) is 2. The van der Waals surface area contributed by atoms with Gasteiger partial charge in [0.15, 0.2) is 0 Å². The van der Waals surface area contributed by atoms with Gasteiger partial charge >= 0.3 is 0 Å². The molecule has 1 aliphatic rings. The summed E-state index contributed by atoms with van der Waals surface area (Å²) in [5.74, 6) is 0.0343. The van der Waals surface area contributed by atoms with Gasteiger partial charge < -0.3 is 10.2 Å². The third-order valence-electron chi connectivity index (χ3n) is 5.22. The van der Waals surface area contributed by atoms with Crippen LogP contribution in [-0.4, -0.2) is 68.4 Å². The van der Waals surface area contributed by atoms with Gasteiger partial charge in [-0.25, -0.2) is 13.6 Å². The van der Waals surface area contributed by atoms with Gasteiger partial charge in [-0.05, 0) is 36.2 Å². The third-order valence-corrected chi connectivity index (χ3v) is 6.15. The number of carbonyl (C=O) groups is 1. The minimum atomic E-state index is -3.67. The summed E-state index contributed by atoms with van der Waals surface area (Å²) in [6, 6.07) is 12.4. The quantitative estimate of drug-likeness (QED) is 0.602. The Morgan fingerprint density at radius 3 is 2.37 bits per heavy atom. The maximum absolute atomic E-state index is 12.1. The van der Waals surface area contributed by atoms with Gasteiger partial charge in [-0.3, -0.25) is 14.7 Å². The fraction of sp³-hybridized carbons (Fsp3) is 0.429. The van der Waals surface area contributed by atoms with E-state index in [2.05, 4.69) is 20.1 Å². The minimum Gasteiger partial charge on any atom is -0.356 e. The highest BCUT2D eigenvalue weighted by molar-refractivity contribution is 7.89. The fourth-order valence-corrected chi connectivity index (χ4v) is 3.95. The van der Waals surface area contributed by atoms with Crippen molar-refractivity contribution in [1.29, 1.82) is 0 Å². The molecule has 30 heavy (non-hydrogen) atoms. The van der Waals surface area contributed by atoms with Crippen molar-refractivity contribution in [1.82, 2.24) is 20.1 Å². The molecule has 0 radical (unpaired) electrons. The molecule has 3 rings (SSSR count). The van der Waals surface area contributed by atoms with Crippen LogP contribution < -0.4 is 10.5 Å². The first-order chi connectivity index (χ1) is 14.4. The molecule has 9 heteroatoms. The summed E-state index contributed by atoms with van der Waals surface area (Å²) < 4.78 is 22.5. The van der Waals surface area contributed by atoms with Crippen molar-refractivity contribution in [2.75, 3.05) is 39.3 Å². The number of amides is 1. The molecule has 1 fully saturated rings. The molecule has 0 aliphatic carbocycles. The minimum absolute atomic E-state index is 0.0343. The van der Waals surface area contributed by atoms with E-state index in [1.807, 2.05) is 24.4 Å². The summed E-state index contributed by atoms with van der Waals surface area (Å²) in [6.07, 6.45) is 2.94. The van der Waals surface area contributed by atoms with Gasteiger partial charge in [0.25, 0.3) is 0 Å². The molecular weight excluding hydrogens is 402 g/mol. The van der Waals surface area contributed by atoms with Crippen LogP contribution in [0.2, 0.25) is 0 Å². The largest absolute Gasteiger partial charge is 0.356 e. The summed E-state index contributed by atoms with van der Waals surface area (Å²) in [5, 5.41) is 8.02. The smallest absolute Gasteiger partial charge is 0.238 e. The zero-order valence-electron chi connectivity index (χ0n) is 17.0. The molecule has 1 aromatic carbocycles. The molecule has 1 aromatic heterocycles. The molecule has 0 unspecified atom stereocenters. The Bertz CT molecular complexity index is 911. The maximum Gasteiger partial charge on any atom is 0.238 e.